The van der Waals surface area contributed by atoms with Crippen LogP contribution in [0.4, 0.5) is 0 Å². The van der Waals surface area contributed by atoms with Gasteiger partial charge in [0.2, 0.25) is 5.88 Å². The largest absolute Gasteiger partial charge is 0.472 e. The Morgan fingerprint density at radius 2 is 2.00 bits per heavy atom. The summed E-state index contributed by atoms with van der Waals surface area (Å²) in [6.07, 6.45) is 1.61. The molecule has 2 rings (SSSR count). The minimum absolute atomic E-state index is 0.511. The number of benzene rings is 1. The highest BCUT2D eigenvalue weighted by Crippen LogP contribution is 2.14. The first-order valence-corrected chi connectivity index (χ1v) is 5.71. The molecule has 0 bridgehead atoms. The van der Waals surface area contributed by atoms with Gasteiger partial charge in [0.05, 0.1) is 11.9 Å². The summed E-state index contributed by atoms with van der Waals surface area (Å²) >= 11 is 3.30. The van der Waals surface area contributed by atoms with Crippen LogP contribution in [-0.4, -0.2) is 9.97 Å². The van der Waals surface area contributed by atoms with Crippen molar-refractivity contribution >= 4 is 15.9 Å². The summed E-state index contributed by atoms with van der Waals surface area (Å²) in [5, 5.41) is 0. The minimum atomic E-state index is 0.511. The van der Waals surface area contributed by atoms with Crippen molar-refractivity contribution in [2.45, 2.75) is 13.5 Å². The van der Waals surface area contributed by atoms with Crippen molar-refractivity contribution in [1.29, 1.82) is 0 Å². The second-order valence-electron chi connectivity index (χ2n) is 3.36. The summed E-state index contributed by atoms with van der Waals surface area (Å²) in [5.74, 6) is 0.546. The monoisotopic (exact) mass is 278 g/mol. The van der Waals surface area contributed by atoms with Crippen LogP contribution in [0.3, 0.4) is 0 Å². The van der Waals surface area contributed by atoms with Crippen LogP contribution in [0.5, 0.6) is 5.88 Å². The second kappa shape index (κ2) is 5.07. The lowest BCUT2D eigenvalue weighted by atomic mass is 10.2. The second-order valence-corrected chi connectivity index (χ2v) is 4.11. The Labute approximate surface area is 103 Å². The number of halogens is 1. The zero-order chi connectivity index (χ0) is 11.4. The van der Waals surface area contributed by atoms with Gasteiger partial charge in [-0.2, -0.15) is 0 Å². The van der Waals surface area contributed by atoms with Gasteiger partial charge in [-0.3, -0.25) is 0 Å². The summed E-state index contributed by atoms with van der Waals surface area (Å²) in [5.41, 5.74) is 1.94. The smallest absolute Gasteiger partial charge is 0.232 e. The maximum Gasteiger partial charge on any atom is 0.232 e. The van der Waals surface area contributed by atoms with Gasteiger partial charge in [0.1, 0.15) is 11.2 Å². The van der Waals surface area contributed by atoms with Gasteiger partial charge in [-0.05, 0) is 28.4 Å². The van der Waals surface area contributed by atoms with Gasteiger partial charge >= 0.3 is 0 Å². The molecule has 3 nitrogen and oxygen atoms in total. The van der Waals surface area contributed by atoms with E-state index >= 15 is 0 Å². The normalized spacial score (nSPS) is 10.1. The van der Waals surface area contributed by atoms with Crippen LogP contribution < -0.4 is 4.74 Å². The number of nitrogens with zero attached hydrogens (tertiary/aromatic N) is 2. The third-order valence-electron chi connectivity index (χ3n) is 2.09. The van der Waals surface area contributed by atoms with E-state index in [0.29, 0.717) is 12.5 Å². The zero-order valence-corrected chi connectivity index (χ0v) is 10.4. The quantitative estimate of drug-likeness (QED) is 0.865. The van der Waals surface area contributed by atoms with Crippen LogP contribution in [0.15, 0.2) is 41.1 Å². The van der Waals surface area contributed by atoms with E-state index in [1.54, 1.807) is 6.20 Å². The molecule has 1 aromatic heterocycles. The molecule has 1 heterocycles. The van der Waals surface area contributed by atoms with Crippen molar-refractivity contribution in [3.05, 3.63) is 52.4 Å². The predicted octanol–water partition coefficient (Wildman–Crippen LogP) is 3.13. The van der Waals surface area contributed by atoms with Crippen molar-refractivity contribution in [1.82, 2.24) is 9.97 Å². The molecule has 0 aliphatic carbocycles. The van der Waals surface area contributed by atoms with Crippen molar-refractivity contribution in [3.8, 4) is 5.88 Å². The molecule has 0 N–H and O–H groups in total. The van der Waals surface area contributed by atoms with Crippen molar-refractivity contribution < 1.29 is 4.74 Å². The van der Waals surface area contributed by atoms with Gasteiger partial charge in [-0.1, -0.05) is 30.3 Å². The Morgan fingerprint density at radius 3 is 2.69 bits per heavy atom. The molecule has 0 unspecified atom stereocenters. The fourth-order valence-electron chi connectivity index (χ4n) is 1.25. The fraction of sp³-hybridized carbons (Fsp3) is 0.167. The molecule has 0 aliphatic heterocycles. The highest BCUT2D eigenvalue weighted by Gasteiger charge is 2.01. The van der Waals surface area contributed by atoms with E-state index in [4.69, 9.17) is 4.74 Å². The highest BCUT2D eigenvalue weighted by molar-refractivity contribution is 9.10. The summed E-state index contributed by atoms with van der Waals surface area (Å²) in [7, 11) is 0. The molecule has 0 saturated carbocycles. The molecule has 0 aliphatic rings. The van der Waals surface area contributed by atoms with Crippen molar-refractivity contribution in [2.75, 3.05) is 0 Å². The Hall–Kier alpha value is -1.42. The SMILES string of the molecule is Cc1nc(OCc2ccccc2)cnc1Br. The lowest BCUT2D eigenvalue weighted by Crippen LogP contribution is -1.99. The van der Waals surface area contributed by atoms with Crippen LogP contribution in [0.1, 0.15) is 11.3 Å². The number of hydrogen-bond donors (Lipinski definition) is 0. The number of rotatable bonds is 3. The molecule has 16 heavy (non-hydrogen) atoms. The van der Waals surface area contributed by atoms with E-state index in [2.05, 4.69) is 25.9 Å². The van der Waals surface area contributed by atoms with E-state index in [1.165, 1.54) is 0 Å². The molecular weight excluding hydrogens is 268 g/mol. The van der Waals surface area contributed by atoms with Gasteiger partial charge in [-0.15, -0.1) is 0 Å². The predicted molar refractivity (Wildman–Crippen MR) is 65.2 cm³/mol. The fourth-order valence-corrected chi connectivity index (χ4v) is 1.44. The lowest BCUT2D eigenvalue weighted by Gasteiger charge is -2.05. The molecule has 0 atom stereocenters. The standard InChI is InChI=1S/C12H11BrN2O/c1-9-12(13)14-7-11(15-9)16-8-10-5-3-2-4-6-10/h2-7H,8H2,1H3. The summed E-state index contributed by atoms with van der Waals surface area (Å²) in [4.78, 5) is 8.38. The Kier molecular flexibility index (Phi) is 3.51. The highest BCUT2D eigenvalue weighted by atomic mass is 79.9. The molecular formula is C12H11BrN2O. The number of ether oxygens (including phenoxy) is 1. The van der Waals surface area contributed by atoms with Gasteiger partial charge in [0, 0.05) is 0 Å². The first-order valence-electron chi connectivity index (χ1n) is 4.91. The summed E-state index contributed by atoms with van der Waals surface area (Å²) in [6.45, 7) is 2.39. The van der Waals surface area contributed by atoms with Crippen LogP contribution in [0, 0.1) is 6.92 Å². The molecule has 2 aromatic rings. The average molecular weight is 279 g/mol. The molecule has 0 radical (unpaired) electrons. The third-order valence-corrected chi connectivity index (χ3v) is 2.87. The maximum atomic E-state index is 5.53. The van der Waals surface area contributed by atoms with E-state index in [-0.39, 0.29) is 0 Å². The lowest BCUT2D eigenvalue weighted by molar-refractivity contribution is 0.291. The minimum Gasteiger partial charge on any atom is -0.472 e. The zero-order valence-electron chi connectivity index (χ0n) is 8.85. The maximum absolute atomic E-state index is 5.53. The van der Waals surface area contributed by atoms with E-state index in [9.17, 15) is 0 Å². The molecule has 0 fully saturated rings. The Morgan fingerprint density at radius 1 is 1.25 bits per heavy atom. The van der Waals surface area contributed by atoms with Crippen LogP contribution in [0.25, 0.3) is 0 Å². The van der Waals surface area contributed by atoms with Gasteiger partial charge in [0.15, 0.2) is 0 Å². The van der Waals surface area contributed by atoms with E-state index in [1.807, 2.05) is 37.3 Å². The third kappa shape index (κ3) is 2.79. The topological polar surface area (TPSA) is 35.0 Å². The first-order chi connectivity index (χ1) is 7.75. The Balaban J connectivity index is 2.03. The average Bonchev–Trinajstić information content (AvgIpc) is 2.32. The van der Waals surface area contributed by atoms with Gasteiger partial charge in [-0.25, -0.2) is 9.97 Å². The van der Waals surface area contributed by atoms with Crippen molar-refractivity contribution in [3.63, 3.8) is 0 Å². The first kappa shape index (κ1) is 11.1. The van der Waals surface area contributed by atoms with Crippen LogP contribution in [-0.2, 0) is 6.61 Å². The summed E-state index contributed by atoms with van der Waals surface area (Å²) < 4.78 is 6.28. The summed E-state index contributed by atoms with van der Waals surface area (Å²) in [6, 6.07) is 9.97. The van der Waals surface area contributed by atoms with Crippen LogP contribution in [0.2, 0.25) is 0 Å². The molecule has 0 amide bonds. The van der Waals surface area contributed by atoms with Crippen molar-refractivity contribution in [2.24, 2.45) is 0 Å². The molecule has 0 saturated heterocycles. The number of aromatic nitrogens is 2. The molecule has 0 spiro atoms. The van der Waals surface area contributed by atoms with Gasteiger partial charge in [0.25, 0.3) is 0 Å². The number of aryl methyl sites for hydroxylation is 1. The van der Waals surface area contributed by atoms with Crippen LogP contribution >= 0.6 is 15.9 Å². The van der Waals surface area contributed by atoms with E-state index < -0.39 is 0 Å². The Bertz CT molecular complexity index is 474. The van der Waals surface area contributed by atoms with E-state index in [0.717, 1.165) is 15.9 Å². The van der Waals surface area contributed by atoms with Gasteiger partial charge < -0.3 is 4.74 Å². The molecule has 4 heteroatoms. The number of hydrogen-bond acceptors (Lipinski definition) is 3. The molecule has 82 valence electrons. The molecule has 1 aromatic carbocycles.